The molecule has 0 amide bonds. The molecule has 8 heteroatoms. The number of hydrogen-bond acceptors (Lipinski definition) is 5. The number of alkyl halides is 3. The number of nitrogens with two attached hydrogens (primary N) is 1. The normalized spacial score (nSPS) is 19.7. The van der Waals surface area contributed by atoms with Gasteiger partial charge in [-0.25, -0.2) is 4.98 Å². The van der Waals surface area contributed by atoms with Gasteiger partial charge in [-0.3, -0.25) is 0 Å². The first-order valence-corrected chi connectivity index (χ1v) is 5.85. The third kappa shape index (κ3) is 3.69. The minimum Gasteiger partial charge on any atom is -0.381 e. The third-order valence-corrected chi connectivity index (χ3v) is 2.91. The van der Waals surface area contributed by atoms with Crippen LogP contribution in [0.25, 0.3) is 0 Å². The highest BCUT2D eigenvalue weighted by Gasteiger charge is 2.30. The molecule has 0 bridgehead atoms. The van der Waals surface area contributed by atoms with E-state index in [1.54, 1.807) is 6.07 Å². The topological polar surface area (TPSA) is 64.3 Å². The Morgan fingerprint density at radius 2 is 2.21 bits per heavy atom. The number of halogens is 3. The summed E-state index contributed by atoms with van der Waals surface area (Å²) in [5.41, 5.74) is 6.19. The Balaban J connectivity index is 2.20. The van der Waals surface area contributed by atoms with Crippen molar-refractivity contribution in [2.75, 3.05) is 37.4 Å². The van der Waals surface area contributed by atoms with E-state index in [1.807, 2.05) is 0 Å². The van der Waals surface area contributed by atoms with E-state index in [4.69, 9.17) is 10.5 Å². The lowest BCUT2D eigenvalue weighted by Crippen LogP contribution is -2.31. The first-order chi connectivity index (χ1) is 8.85. The van der Waals surface area contributed by atoms with E-state index >= 15 is 0 Å². The predicted octanol–water partition coefficient (Wildman–Crippen LogP) is 1.56. The molecule has 0 aliphatic carbocycles. The quantitative estimate of drug-likeness (QED) is 0.907. The van der Waals surface area contributed by atoms with E-state index in [0.717, 1.165) is 11.3 Å². The van der Waals surface area contributed by atoms with Crippen LogP contribution in [0.15, 0.2) is 6.07 Å². The fourth-order valence-corrected chi connectivity index (χ4v) is 1.99. The Bertz CT molecular complexity index is 446. The van der Waals surface area contributed by atoms with Crippen LogP contribution in [-0.2, 0) is 4.74 Å². The summed E-state index contributed by atoms with van der Waals surface area (Å²) in [6.07, 6.45) is -3.50. The number of ether oxygens (including phenoxy) is 1. The van der Waals surface area contributed by atoms with Crippen molar-refractivity contribution >= 4 is 11.8 Å². The van der Waals surface area contributed by atoms with Crippen LogP contribution in [0.3, 0.4) is 0 Å². The molecule has 106 valence electrons. The molecular formula is C11H15F3N4O. The monoisotopic (exact) mass is 276 g/mol. The average molecular weight is 276 g/mol. The Labute approximate surface area is 108 Å². The molecule has 1 aliphatic rings. The molecular weight excluding hydrogens is 261 g/mol. The molecule has 19 heavy (non-hydrogen) atoms. The molecule has 0 spiro atoms. The standard InChI is InChI=1S/C11H15F3N4O/c1-18(6-11(12,13)14)9-4-8(16-10(15)17-9)7-2-3-19-5-7/h4,7H,2-3,5-6H2,1H3,(H2,15,16,17). The zero-order chi connectivity index (χ0) is 14.0. The molecule has 2 rings (SSSR count). The Morgan fingerprint density at radius 3 is 2.79 bits per heavy atom. The van der Waals surface area contributed by atoms with Crippen LogP contribution in [0.2, 0.25) is 0 Å². The van der Waals surface area contributed by atoms with Gasteiger partial charge in [0.1, 0.15) is 12.4 Å². The molecule has 1 unspecified atom stereocenters. The summed E-state index contributed by atoms with van der Waals surface area (Å²) in [5.74, 6) is 0.225. The third-order valence-electron chi connectivity index (χ3n) is 2.91. The molecule has 1 aromatic heterocycles. The number of hydrogen-bond donors (Lipinski definition) is 1. The van der Waals surface area contributed by atoms with Gasteiger partial charge in [-0.15, -0.1) is 0 Å². The Morgan fingerprint density at radius 1 is 1.47 bits per heavy atom. The highest BCUT2D eigenvalue weighted by molar-refractivity contribution is 5.43. The second kappa shape index (κ2) is 5.20. The van der Waals surface area contributed by atoms with Crippen LogP contribution in [0, 0.1) is 0 Å². The molecule has 1 fully saturated rings. The maximum Gasteiger partial charge on any atom is 0.405 e. The number of anilines is 2. The van der Waals surface area contributed by atoms with Crippen molar-refractivity contribution < 1.29 is 17.9 Å². The van der Waals surface area contributed by atoms with Crippen LogP contribution in [0.5, 0.6) is 0 Å². The first kappa shape index (κ1) is 13.9. The van der Waals surface area contributed by atoms with Gasteiger partial charge in [-0.2, -0.15) is 18.2 Å². The molecule has 2 N–H and O–H groups in total. The van der Waals surface area contributed by atoms with Crippen molar-refractivity contribution in [2.45, 2.75) is 18.5 Å². The summed E-state index contributed by atoms with van der Waals surface area (Å²) in [4.78, 5) is 8.93. The van der Waals surface area contributed by atoms with Gasteiger partial charge < -0.3 is 15.4 Å². The van der Waals surface area contributed by atoms with Gasteiger partial charge in [0.2, 0.25) is 5.95 Å². The molecule has 2 heterocycles. The average Bonchev–Trinajstić information content (AvgIpc) is 2.79. The number of nitrogens with zero attached hydrogens (tertiary/aromatic N) is 3. The van der Waals surface area contributed by atoms with E-state index in [9.17, 15) is 13.2 Å². The van der Waals surface area contributed by atoms with E-state index in [-0.39, 0.29) is 17.7 Å². The van der Waals surface area contributed by atoms with E-state index < -0.39 is 12.7 Å². The van der Waals surface area contributed by atoms with Gasteiger partial charge in [0.25, 0.3) is 0 Å². The molecule has 1 atom stereocenters. The lowest BCUT2D eigenvalue weighted by molar-refractivity contribution is -0.119. The molecule has 0 aromatic carbocycles. The summed E-state index contributed by atoms with van der Waals surface area (Å²) in [7, 11) is 1.32. The molecule has 0 radical (unpaired) electrons. The maximum atomic E-state index is 12.4. The van der Waals surface area contributed by atoms with Gasteiger partial charge in [0.15, 0.2) is 0 Å². The van der Waals surface area contributed by atoms with Crippen LogP contribution < -0.4 is 10.6 Å². The van der Waals surface area contributed by atoms with Crippen molar-refractivity contribution in [3.8, 4) is 0 Å². The molecule has 1 aromatic rings. The molecule has 1 aliphatic heterocycles. The Hall–Kier alpha value is -1.57. The zero-order valence-corrected chi connectivity index (χ0v) is 10.4. The van der Waals surface area contributed by atoms with Crippen LogP contribution in [-0.4, -0.2) is 43.0 Å². The SMILES string of the molecule is CN(CC(F)(F)F)c1cc(C2CCOC2)nc(N)n1. The van der Waals surface area contributed by atoms with E-state index in [0.29, 0.717) is 18.9 Å². The molecule has 5 nitrogen and oxygen atoms in total. The predicted molar refractivity (Wildman–Crippen MR) is 63.9 cm³/mol. The van der Waals surface area contributed by atoms with Crippen molar-refractivity contribution in [3.63, 3.8) is 0 Å². The summed E-state index contributed by atoms with van der Waals surface area (Å²) in [6.45, 7) is 0.0608. The van der Waals surface area contributed by atoms with Crippen LogP contribution in [0.1, 0.15) is 18.0 Å². The summed E-state index contributed by atoms with van der Waals surface area (Å²) >= 11 is 0. The second-order valence-electron chi connectivity index (χ2n) is 4.54. The van der Waals surface area contributed by atoms with Crippen LogP contribution in [0.4, 0.5) is 24.9 Å². The Kier molecular flexibility index (Phi) is 3.79. The van der Waals surface area contributed by atoms with Crippen molar-refractivity contribution in [2.24, 2.45) is 0 Å². The highest BCUT2D eigenvalue weighted by atomic mass is 19.4. The van der Waals surface area contributed by atoms with Gasteiger partial charge in [0.05, 0.1) is 12.3 Å². The molecule has 0 saturated carbocycles. The smallest absolute Gasteiger partial charge is 0.381 e. The lowest BCUT2D eigenvalue weighted by atomic mass is 10.0. The number of aromatic nitrogens is 2. The lowest BCUT2D eigenvalue weighted by Gasteiger charge is -2.21. The van der Waals surface area contributed by atoms with Crippen molar-refractivity contribution in [3.05, 3.63) is 11.8 Å². The minimum atomic E-state index is -4.29. The highest BCUT2D eigenvalue weighted by Crippen LogP contribution is 2.27. The largest absolute Gasteiger partial charge is 0.405 e. The van der Waals surface area contributed by atoms with E-state index in [2.05, 4.69) is 9.97 Å². The summed E-state index contributed by atoms with van der Waals surface area (Å²) < 4.78 is 42.3. The summed E-state index contributed by atoms with van der Waals surface area (Å²) in [5, 5.41) is 0. The second-order valence-corrected chi connectivity index (χ2v) is 4.54. The minimum absolute atomic E-state index is 0.0200. The van der Waals surface area contributed by atoms with Gasteiger partial charge in [-0.1, -0.05) is 0 Å². The fraction of sp³-hybridized carbons (Fsp3) is 0.636. The molecule has 1 saturated heterocycles. The van der Waals surface area contributed by atoms with Crippen LogP contribution >= 0.6 is 0 Å². The van der Waals surface area contributed by atoms with Gasteiger partial charge in [0, 0.05) is 25.6 Å². The van der Waals surface area contributed by atoms with Gasteiger partial charge in [-0.05, 0) is 6.42 Å². The zero-order valence-electron chi connectivity index (χ0n) is 10.4. The number of rotatable bonds is 3. The first-order valence-electron chi connectivity index (χ1n) is 5.85. The summed E-state index contributed by atoms with van der Waals surface area (Å²) in [6, 6.07) is 1.54. The van der Waals surface area contributed by atoms with Crippen molar-refractivity contribution in [1.29, 1.82) is 0 Å². The van der Waals surface area contributed by atoms with E-state index in [1.165, 1.54) is 7.05 Å². The maximum absolute atomic E-state index is 12.4. The number of nitrogen functional groups attached to an aromatic ring is 1. The van der Waals surface area contributed by atoms with Gasteiger partial charge >= 0.3 is 6.18 Å². The van der Waals surface area contributed by atoms with Crippen molar-refractivity contribution in [1.82, 2.24) is 9.97 Å². The fourth-order valence-electron chi connectivity index (χ4n) is 1.99.